The van der Waals surface area contributed by atoms with E-state index in [2.05, 4.69) is 10.6 Å². The second-order valence-electron chi connectivity index (χ2n) is 5.17. The van der Waals surface area contributed by atoms with E-state index < -0.39 is 12.0 Å². The van der Waals surface area contributed by atoms with E-state index in [0.717, 1.165) is 6.42 Å². The van der Waals surface area contributed by atoms with E-state index in [1.165, 1.54) is 0 Å². The van der Waals surface area contributed by atoms with Gasteiger partial charge in [-0.25, -0.2) is 4.79 Å². The molecule has 0 spiro atoms. The molecule has 17 heavy (non-hydrogen) atoms. The van der Waals surface area contributed by atoms with Crippen molar-refractivity contribution in [1.82, 2.24) is 10.6 Å². The van der Waals surface area contributed by atoms with Gasteiger partial charge in [0.15, 0.2) is 0 Å². The van der Waals surface area contributed by atoms with Gasteiger partial charge in [0, 0.05) is 18.5 Å². The molecule has 0 fully saturated rings. The van der Waals surface area contributed by atoms with Gasteiger partial charge < -0.3 is 15.7 Å². The average Bonchev–Trinajstić information content (AvgIpc) is 2.14. The Morgan fingerprint density at radius 1 is 1.29 bits per heavy atom. The van der Waals surface area contributed by atoms with E-state index in [1.807, 2.05) is 27.7 Å². The van der Waals surface area contributed by atoms with Crippen molar-refractivity contribution in [2.24, 2.45) is 0 Å². The van der Waals surface area contributed by atoms with Gasteiger partial charge in [0.25, 0.3) is 0 Å². The maximum atomic E-state index is 11.5. The second-order valence-corrected chi connectivity index (χ2v) is 5.17. The molecule has 3 N–H and O–H groups in total. The summed E-state index contributed by atoms with van der Waals surface area (Å²) in [5.74, 6) is -1.19. The number of carboxylic acids is 1. The lowest BCUT2D eigenvalue weighted by Gasteiger charge is -2.20. The molecule has 0 saturated heterocycles. The zero-order valence-electron chi connectivity index (χ0n) is 11.2. The molecule has 0 saturated carbocycles. The van der Waals surface area contributed by atoms with Crippen molar-refractivity contribution in [3.05, 3.63) is 0 Å². The van der Waals surface area contributed by atoms with E-state index in [-0.39, 0.29) is 11.4 Å². The van der Waals surface area contributed by atoms with Gasteiger partial charge in [0.1, 0.15) is 6.04 Å². The minimum atomic E-state index is -0.969. The molecule has 1 amide bonds. The fourth-order valence-electron chi connectivity index (χ4n) is 1.36. The van der Waals surface area contributed by atoms with E-state index in [0.29, 0.717) is 19.4 Å². The van der Waals surface area contributed by atoms with E-state index in [4.69, 9.17) is 5.11 Å². The first-order valence-electron chi connectivity index (χ1n) is 6.03. The second kappa shape index (κ2) is 7.27. The Bertz CT molecular complexity index is 259. The first-order chi connectivity index (χ1) is 7.76. The van der Waals surface area contributed by atoms with Crippen molar-refractivity contribution >= 4 is 11.9 Å². The van der Waals surface area contributed by atoms with Crippen LogP contribution in [-0.2, 0) is 9.59 Å². The lowest BCUT2D eigenvalue weighted by atomic mass is 10.1. The first kappa shape index (κ1) is 15.9. The number of nitrogens with one attached hydrogen (secondary N) is 2. The van der Waals surface area contributed by atoms with E-state index in [9.17, 15) is 9.59 Å². The summed E-state index contributed by atoms with van der Waals surface area (Å²) in [5, 5.41) is 14.6. The molecule has 0 aromatic rings. The topological polar surface area (TPSA) is 78.4 Å². The molecular formula is C12H24N2O3. The van der Waals surface area contributed by atoms with E-state index in [1.54, 1.807) is 0 Å². The number of hydrogen-bond donors (Lipinski definition) is 3. The van der Waals surface area contributed by atoms with Crippen LogP contribution >= 0.6 is 0 Å². The van der Waals surface area contributed by atoms with Gasteiger partial charge in [-0.15, -0.1) is 0 Å². The monoisotopic (exact) mass is 244 g/mol. The molecule has 0 rings (SSSR count). The van der Waals surface area contributed by atoms with Crippen molar-refractivity contribution in [1.29, 1.82) is 0 Å². The largest absolute Gasteiger partial charge is 0.480 e. The number of hydrogen-bond acceptors (Lipinski definition) is 3. The molecule has 0 aliphatic rings. The Kier molecular flexibility index (Phi) is 6.80. The van der Waals surface area contributed by atoms with Crippen molar-refractivity contribution < 1.29 is 14.7 Å². The zero-order chi connectivity index (χ0) is 13.5. The quantitative estimate of drug-likeness (QED) is 0.627. The number of amides is 1. The summed E-state index contributed by atoms with van der Waals surface area (Å²) in [7, 11) is 0. The molecule has 0 aromatic carbocycles. The van der Waals surface area contributed by atoms with Crippen LogP contribution < -0.4 is 10.6 Å². The number of carbonyl (C=O) groups is 2. The summed E-state index contributed by atoms with van der Waals surface area (Å²) in [6.45, 7) is 8.49. The third kappa shape index (κ3) is 8.68. The molecule has 0 aromatic heterocycles. The minimum Gasteiger partial charge on any atom is -0.480 e. The van der Waals surface area contributed by atoms with Crippen molar-refractivity contribution in [2.75, 3.05) is 6.54 Å². The third-order valence-electron chi connectivity index (χ3n) is 2.22. The van der Waals surface area contributed by atoms with Crippen LogP contribution in [0.3, 0.4) is 0 Å². The maximum Gasteiger partial charge on any atom is 0.326 e. The standard InChI is InChI=1S/C12H24N2O3/c1-5-6-9(11(16)17)14-10(15)7-8-13-12(2,3)4/h9,13H,5-8H2,1-4H3,(H,14,15)(H,16,17)/t9-/m1/s1. The Balaban J connectivity index is 3.95. The van der Waals surface area contributed by atoms with Crippen molar-refractivity contribution in [2.45, 2.75) is 58.5 Å². The number of carboxylic acid groups (broad SMARTS) is 1. The third-order valence-corrected chi connectivity index (χ3v) is 2.22. The fraction of sp³-hybridized carbons (Fsp3) is 0.833. The lowest BCUT2D eigenvalue weighted by molar-refractivity contribution is -0.142. The Morgan fingerprint density at radius 3 is 2.29 bits per heavy atom. The maximum absolute atomic E-state index is 11.5. The number of carbonyl (C=O) groups excluding carboxylic acids is 1. The number of rotatable bonds is 7. The summed E-state index contributed by atoms with van der Waals surface area (Å²) < 4.78 is 0. The molecule has 100 valence electrons. The summed E-state index contributed by atoms with van der Waals surface area (Å²) in [6, 6.07) is -0.762. The molecule has 0 heterocycles. The summed E-state index contributed by atoms with van der Waals surface area (Å²) >= 11 is 0. The molecule has 0 aliphatic heterocycles. The fourth-order valence-corrected chi connectivity index (χ4v) is 1.36. The molecule has 5 nitrogen and oxygen atoms in total. The molecule has 5 heteroatoms. The van der Waals surface area contributed by atoms with E-state index >= 15 is 0 Å². The Hall–Kier alpha value is -1.10. The van der Waals surface area contributed by atoms with Crippen LogP contribution in [0.2, 0.25) is 0 Å². The SMILES string of the molecule is CCC[C@@H](NC(=O)CCNC(C)(C)C)C(=O)O. The Labute approximate surface area is 103 Å². The smallest absolute Gasteiger partial charge is 0.326 e. The van der Waals surface area contributed by atoms with Gasteiger partial charge in [-0.2, -0.15) is 0 Å². The molecular weight excluding hydrogens is 220 g/mol. The van der Waals surface area contributed by atoms with Crippen molar-refractivity contribution in [3.8, 4) is 0 Å². The van der Waals surface area contributed by atoms with Crippen LogP contribution in [0.5, 0.6) is 0 Å². The highest BCUT2D eigenvalue weighted by Gasteiger charge is 2.18. The van der Waals surface area contributed by atoms with Crippen molar-refractivity contribution in [3.63, 3.8) is 0 Å². The van der Waals surface area contributed by atoms with Gasteiger partial charge in [-0.3, -0.25) is 4.79 Å². The average molecular weight is 244 g/mol. The van der Waals surface area contributed by atoms with Gasteiger partial charge in [0.05, 0.1) is 0 Å². The van der Waals surface area contributed by atoms with Gasteiger partial charge >= 0.3 is 5.97 Å². The van der Waals surface area contributed by atoms with Crippen LogP contribution in [0.4, 0.5) is 0 Å². The van der Waals surface area contributed by atoms with Crippen LogP contribution in [0.25, 0.3) is 0 Å². The molecule has 0 radical (unpaired) electrons. The number of aliphatic carboxylic acids is 1. The molecule has 0 unspecified atom stereocenters. The van der Waals surface area contributed by atoms with Crippen LogP contribution in [0.15, 0.2) is 0 Å². The normalized spacial score (nSPS) is 13.2. The highest BCUT2D eigenvalue weighted by molar-refractivity contribution is 5.83. The van der Waals surface area contributed by atoms with Gasteiger partial charge in [-0.1, -0.05) is 13.3 Å². The molecule has 0 aliphatic carbocycles. The summed E-state index contributed by atoms with van der Waals surface area (Å²) in [5.41, 5.74) is -0.0318. The minimum absolute atomic E-state index is 0.0318. The molecule has 0 bridgehead atoms. The summed E-state index contributed by atoms with van der Waals surface area (Å²) in [4.78, 5) is 22.3. The van der Waals surface area contributed by atoms with Crippen LogP contribution in [0, 0.1) is 0 Å². The van der Waals surface area contributed by atoms with Gasteiger partial charge in [0.2, 0.25) is 5.91 Å². The highest BCUT2D eigenvalue weighted by Crippen LogP contribution is 1.99. The lowest BCUT2D eigenvalue weighted by Crippen LogP contribution is -2.43. The summed E-state index contributed by atoms with van der Waals surface area (Å²) in [6.07, 6.45) is 1.50. The predicted molar refractivity (Wildman–Crippen MR) is 66.8 cm³/mol. The first-order valence-corrected chi connectivity index (χ1v) is 6.03. The highest BCUT2D eigenvalue weighted by atomic mass is 16.4. The molecule has 1 atom stereocenters. The Morgan fingerprint density at radius 2 is 1.88 bits per heavy atom. The predicted octanol–water partition coefficient (Wildman–Crippen LogP) is 1.13. The zero-order valence-corrected chi connectivity index (χ0v) is 11.2. The van der Waals surface area contributed by atoms with Crippen LogP contribution in [-0.4, -0.2) is 35.1 Å². The van der Waals surface area contributed by atoms with Crippen LogP contribution in [0.1, 0.15) is 47.0 Å². The van der Waals surface area contributed by atoms with Gasteiger partial charge in [-0.05, 0) is 27.2 Å².